The van der Waals surface area contributed by atoms with Crippen LogP contribution < -0.4 is 19.9 Å². The SMILES string of the molecule is CC(C(=O)NC1CCC1)c1ccc(OC2CCN(c3nc(N(C)C)ncc3F)C2)cc1. The Morgan fingerprint density at radius 3 is 2.65 bits per heavy atom. The number of carbonyl (C=O) groups excluding carboxylic acids is 1. The van der Waals surface area contributed by atoms with Gasteiger partial charge in [0.15, 0.2) is 11.6 Å². The molecule has 2 heterocycles. The number of hydrogen-bond acceptors (Lipinski definition) is 6. The smallest absolute Gasteiger partial charge is 0.227 e. The van der Waals surface area contributed by atoms with E-state index in [0.29, 0.717) is 30.9 Å². The number of carbonyl (C=O) groups is 1. The number of hydrogen-bond donors (Lipinski definition) is 1. The van der Waals surface area contributed by atoms with Crippen molar-refractivity contribution in [3.8, 4) is 5.75 Å². The lowest BCUT2D eigenvalue weighted by Gasteiger charge is -2.28. The van der Waals surface area contributed by atoms with Crippen LogP contribution in [0, 0.1) is 5.82 Å². The molecule has 1 aromatic carbocycles. The molecule has 2 aromatic rings. The molecule has 1 amide bonds. The molecule has 8 heteroatoms. The van der Waals surface area contributed by atoms with Crippen molar-refractivity contribution in [2.24, 2.45) is 0 Å². The Bertz CT molecular complexity index is 917. The molecule has 1 aliphatic heterocycles. The highest BCUT2D eigenvalue weighted by molar-refractivity contribution is 5.83. The molecule has 166 valence electrons. The number of nitrogens with zero attached hydrogens (tertiary/aromatic N) is 4. The summed E-state index contributed by atoms with van der Waals surface area (Å²) >= 11 is 0. The normalized spacial score (nSPS) is 19.6. The second-order valence-corrected chi connectivity index (χ2v) is 8.64. The first kappa shape index (κ1) is 21.3. The minimum atomic E-state index is -0.426. The highest BCUT2D eigenvalue weighted by atomic mass is 19.1. The molecule has 2 atom stereocenters. The van der Waals surface area contributed by atoms with Crippen molar-refractivity contribution in [2.45, 2.75) is 50.7 Å². The minimum absolute atomic E-state index is 0.0534. The first-order valence-electron chi connectivity index (χ1n) is 10.9. The molecule has 2 fully saturated rings. The Balaban J connectivity index is 1.34. The summed E-state index contributed by atoms with van der Waals surface area (Å²) in [5.74, 6) is 0.999. The lowest BCUT2D eigenvalue weighted by atomic mass is 9.91. The number of ether oxygens (including phenoxy) is 1. The Labute approximate surface area is 182 Å². The van der Waals surface area contributed by atoms with E-state index in [1.165, 1.54) is 12.6 Å². The number of nitrogens with one attached hydrogen (secondary N) is 1. The predicted octanol–water partition coefficient (Wildman–Crippen LogP) is 3.11. The Morgan fingerprint density at radius 1 is 1.26 bits per heavy atom. The summed E-state index contributed by atoms with van der Waals surface area (Å²) in [4.78, 5) is 24.4. The second kappa shape index (κ2) is 9.08. The minimum Gasteiger partial charge on any atom is -0.489 e. The van der Waals surface area contributed by atoms with Gasteiger partial charge in [-0.3, -0.25) is 4.79 Å². The summed E-state index contributed by atoms with van der Waals surface area (Å²) in [6.45, 7) is 3.15. The molecule has 2 unspecified atom stereocenters. The van der Waals surface area contributed by atoms with Crippen molar-refractivity contribution in [1.82, 2.24) is 15.3 Å². The number of amides is 1. The van der Waals surface area contributed by atoms with E-state index in [2.05, 4.69) is 15.3 Å². The maximum Gasteiger partial charge on any atom is 0.227 e. The van der Waals surface area contributed by atoms with Crippen LogP contribution in [0.5, 0.6) is 5.75 Å². The van der Waals surface area contributed by atoms with Gasteiger partial charge in [0.05, 0.1) is 18.7 Å². The maximum absolute atomic E-state index is 14.3. The van der Waals surface area contributed by atoms with Gasteiger partial charge in [-0.1, -0.05) is 12.1 Å². The van der Waals surface area contributed by atoms with Gasteiger partial charge in [0.25, 0.3) is 0 Å². The third-order valence-electron chi connectivity index (χ3n) is 6.09. The van der Waals surface area contributed by atoms with Crippen LogP contribution in [0.25, 0.3) is 0 Å². The van der Waals surface area contributed by atoms with Gasteiger partial charge in [-0.15, -0.1) is 0 Å². The van der Waals surface area contributed by atoms with E-state index in [1.807, 2.05) is 50.2 Å². The quantitative estimate of drug-likeness (QED) is 0.732. The number of halogens is 1. The molecule has 7 nitrogen and oxygen atoms in total. The summed E-state index contributed by atoms with van der Waals surface area (Å²) < 4.78 is 20.4. The zero-order valence-corrected chi connectivity index (χ0v) is 18.3. The first-order valence-corrected chi connectivity index (χ1v) is 10.9. The molecule has 1 aliphatic carbocycles. The Morgan fingerprint density at radius 2 is 2.00 bits per heavy atom. The fourth-order valence-electron chi connectivity index (χ4n) is 3.86. The van der Waals surface area contributed by atoms with Crippen LogP contribution in [-0.4, -0.2) is 55.2 Å². The summed E-state index contributed by atoms with van der Waals surface area (Å²) in [5.41, 5.74) is 0.969. The van der Waals surface area contributed by atoms with Crippen LogP contribution in [-0.2, 0) is 4.79 Å². The standard InChI is InChI=1S/C23H30FN5O2/c1-15(22(30)26-17-5-4-6-17)16-7-9-18(10-8-16)31-19-11-12-29(14-19)21-20(24)13-25-23(27-21)28(2)3/h7-10,13,15,17,19H,4-6,11-12,14H2,1-3H3,(H,26,30). The van der Waals surface area contributed by atoms with E-state index in [-0.39, 0.29) is 17.9 Å². The lowest BCUT2D eigenvalue weighted by Crippen LogP contribution is -2.41. The fourth-order valence-corrected chi connectivity index (χ4v) is 3.86. The summed E-state index contributed by atoms with van der Waals surface area (Å²) in [7, 11) is 3.66. The molecule has 1 saturated heterocycles. The molecule has 2 aliphatic rings. The molecule has 1 aromatic heterocycles. The third kappa shape index (κ3) is 4.89. The van der Waals surface area contributed by atoms with E-state index in [0.717, 1.165) is 30.6 Å². The first-order chi connectivity index (χ1) is 14.9. The van der Waals surface area contributed by atoms with Crippen molar-refractivity contribution in [1.29, 1.82) is 0 Å². The largest absolute Gasteiger partial charge is 0.489 e. The zero-order chi connectivity index (χ0) is 22.0. The van der Waals surface area contributed by atoms with Gasteiger partial charge in [0.1, 0.15) is 11.9 Å². The van der Waals surface area contributed by atoms with E-state index >= 15 is 0 Å². The zero-order valence-electron chi connectivity index (χ0n) is 18.3. The van der Waals surface area contributed by atoms with Crippen LogP contribution >= 0.6 is 0 Å². The molecule has 4 rings (SSSR count). The third-order valence-corrected chi connectivity index (χ3v) is 6.09. The van der Waals surface area contributed by atoms with E-state index < -0.39 is 5.82 Å². The second-order valence-electron chi connectivity index (χ2n) is 8.64. The lowest BCUT2D eigenvalue weighted by molar-refractivity contribution is -0.123. The number of rotatable bonds is 7. The van der Waals surface area contributed by atoms with Crippen LogP contribution in [0.15, 0.2) is 30.5 Å². The van der Waals surface area contributed by atoms with E-state index in [4.69, 9.17) is 4.74 Å². The fraction of sp³-hybridized carbons (Fsp3) is 0.522. The summed E-state index contributed by atoms with van der Waals surface area (Å²) in [6, 6.07) is 8.04. The van der Waals surface area contributed by atoms with Gasteiger partial charge < -0.3 is 19.9 Å². The van der Waals surface area contributed by atoms with Crippen molar-refractivity contribution in [2.75, 3.05) is 37.0 Å². The number of anilines is 2. The van der Waals surface area contributed by atoms with Gasteiger partial charge in [-0.25, -0.2) is 9.37 Å². The average molecular weight is 428 g/mol. The van der Waals surface area contributed by atoms with Gasteiger partial charge >= 0.3 is 0 Å². The monoisotopic (exact) mass is 427 g/mol. The van der Waals surface area contributed by atoms with Crippen molar-refractivity contribution in [3.05, 3.63) is 41.8 Å². The van der Waals surface area contributed by atoms with Crippen LogP contribution in [0.4, 0.5) is 16.2 Å². The van der Waals surface area contributed by atoms with Crippen molar-refractivity contribution in [3.63, 3.8) is 0 Å². The number of benzene rings is 1. The summed E-state index contributed by atoms with van der Waals surface area (Å²) in [5, 5.41) is 3.10. The molecular weight excluding hydrogens is 397 g/mol. The van der Waals surface area contributed by atoms with Crippen LogP contribution in [0.1, 0.15) is 44.1 Å². The van der Waals surface area contributed by atoms with Gasteiger partial charge in [-0.2, -0.15) is 4.98 Å². The molecule has 1 N–H and O–H groups in total. The van der Waals surface area contributed by atoms with E-state index in [1.54, 1.807) is 4.90 Å². The molecule has 1 saturated carbocycles. The molecule has 0 bridgehead atoms. The Hall–Kier alpha value is -2.90. The van der Waals surface area contributed by atoms with Crippen molar-refractivity contribution < 1.29 is 13.9 Å². The van der Waals surface area contributed by atoms with Gasteiger partial charge in [-0.05, 0) is 43.9 Å². The molecule has 0 radical (unpaired) electrons. The highest BCUT2D eigenvalue weighted by Crippen LogP contribution is 2.27. The van der Waals surface area contributed by atoms with Gasteiger partial charge in [0, 0.05) is 33.1 Å². The molecule has 0 spiro atoms. The average Bonchev–Trinajstić information content (AvgIpc) is 3.19. The topological polar surface area (TPSA) is 70.6 Å². The van der Waals surface area contributed by atoms with Crippen molar-refractivity contribution >= 4 is 17.7 Å². The number of aromatic nitrogens is 2. The molecular formula is C23H30FN5O2. The molecule has 31 heavy (non-hydrogen) atoms. The highest BCUT2D eigenvalue weighted by Gasteiger charge is 2.28. The maximum atomic E-state index is 14.3. The van der Waals surface area contributed by atoms with Gasteiger partial charge in [0.2, 0.25) is 11.9 Å². The van der Waals surface area contributed by atoms with E-state index in [9.17, 15) is 9.18 Å². The predicted molar refractivity (Wildman–Crippen MR) is 118 cm³/mol. The summed E-state index contributed by atoms with van der Waals surface area (Å²) in [6.07, 6.45) is 5.31. The van der Waals surface area contributed by atoms with Crippen LogP contribution in [0.2, 0.25) is 0 Å². The van der Waals surface area contributed by atoms with Crippen LogP contribution in [0.3, 0.4) is 0 Å². The Kier molecular flexibility index (Phi) is 6.25.